The molecule has 0 saturated carbocycles. The van der Waals surface area contributed by atoms with Crippen molar-refractivity contribution in [1.29, 1.82) is 0 Å². The molecule has 8 nitrogen and oxygen atoms in total. The van der Waals surface area contributed by atoms with Gasteiger partial charge in [0.05, 0.1) is 13.0 Å². The molecule has 0 aliphatic carbocycles. The molecule has 0 bridgehead atoms. The third-order valence-corrected chi connectivity index (χ3v) is 6.26. The maximum absolute atomic E-state index is 12.3. The molecule has 39 heavy (non-hydrogen) atoms. The molecule has 8 heteroatoms. The van der Waals surface area contributed by atoms with Gasteiger partial charge in [0.25, 0.3) is 5.91 Å². The quantitative estimate of drug-likeness (QED) is 0.213. The van der Waals surface area contributed by atoms with Crippen LogP contribution in [0.25, 0.3) is 22.9 Å². The molecule has 0 spiro atoms. The van der Waals surface area contributed by atoms with Gasteiger partial charge in [0.1, 0.15) is 0 Å². The summed E-state index contributed by atoms with van der Waals surface area (Å²) in [4.78, 5) is 23.7. The van der Waals surface area contributed by atoms with Crippen LogP contribution < -0.4 is 10.6 Å². The lowest BCUT2D eigenvalue weighted by molar-refractivity contribution is -0.142. The van der Waals surface area contributed by atoms with Crippen molar-refractivity contribution in [2.24, 2.45) is 5.92 Å². The summed E-state index contributed by atoms with van der Waals surface area (Å²) in [5.41, 5.74) is 4.57. The predicted octanol–water partition coefficient (Wildman–Crippen LogP) is 5.77. The lowest BCUT2D eigenvalue weighted by Crippen LogP contribution is -2.26. The van der Waals surface area contributed by atoms with Crippen molar-refractivity contribution in [2.75, 3.05) is 25.0 Å². The van der Waals surface area contributed by atoms with E-state index in [1.165, 1.54) is 5.56 Å². The van der Waals surface area contributed by atoms with Crippen LogP contribution in [-0.4, -0.2) is 41.8 Å². The molecule has 0 fully saturated rings. The Bertz CT molecular complexity index is 1340. The standard InChI is InChI=1S/C31H34N4O4/c1-3-38-28(36)18-20-33-29(37)24-11-9-23(10-12-24)21-22(2)17-19-32-27-15-13-26(14-16-27)31-35-34-30(39-31)25-7-5-4-6-8-25/h4-16,22,32H,3,17-21H2,1-2H3,(H,33,37). The molecule has 202 valence electrons. The van der Waals surface area contributed by atoms with Crippen molar-refractivity contribution in [2.45, 2.75) is 33.1 Å². The van der Waals surface area contributed by atoms with Crippen molar-refractivity contribution in [3.05, 3.63) is 90.0 Å². The number of nitrogens with zero attached hydrogens (tertiary/aromatic N) is 2. The fourth-order valence-corrected chi connectivity index (χ4v) is 4.14. The number of hydrogen-bond acceptors (Lipinski definition) is 7. The second-order valence-corrected chi connectivity index (χ2v) is 9.39. The topological polar surface area (TPSA) is 106 Å². The maximum Gasteiger partial charge on any atom is 0.307 e. The van der Waals surface area contributed by atoms with Gasteiger partial charge in [-0.3, -0.25) is 9.59 Å². The molecule has 2 N–H and O–H groups in total. The van der Waals surface area contributed by atoms with E-state index in [0.29, 0.717) is 29.9 Å². The monoisotopic (exact) mass is 526 g/mol. The Morgan fingerprint density at radius 2 is 1.54 bits per heavy atom. The zero-order valence-electron chi connectivity index (χ0n) is 22.4. The molecular formula is C31H34N4O4. The first-order valence-electron chi connectivity index (χ1n) is 13.3. The average Bonchev–Trinajstić information content (AvgIpc) is 3.45. The summed E-state index contributed by atoms with van der Waals surface area (Å²) in [7, 11) is 0. The molecule has 0 radical (unpaired) electrons. The molecule has 1 heterocycles. The number of rotatable bonds is 13. The van der Waals surface area contributed by atoms with E-state index in [-0.39, 0.29) is 24.8 Å². The van der Waals surface area contributed by atoms with Crippen LogP contribution >= 0.6 is 0 Å². The molecule has 4 aromatic rings. The van der Waals surface area contributed by atoms with E-state index in [2.05, 4.69) is 27.8 Å². The highest BCUT2D eigenvalue weighted by Crippen LogP contribution is 2.25. The minimum Gasteiger partial charge on any atom is -0.466 e. The Kier molecular flexibility index (Phi) is 9.83. The highest BCUT2D eigenvalue weighted by atomic mass is 16.5. The van der Waals surface area contributed by atoms with Gasteiger partial charge < -0.3 is 19.8 Å². The molecule has 1 aromatic heterocycles. The van der Waals surface area contributed by atoms with Crippen LogP contribution in [0.2, 0.25) is 0 Å². The zero-order chi connectivity index (χ0) is 27.5. The number of nitrogens with one attached hydrogen (secondary N) is 2. The molecule has 4 rings (SSSR count). The van der Waals surface area contributed by atoms with E-state index in [9.17, 15) is 9.59 Å². The summed E-state index contributed by atoms with van der Waals surface area (Å²) >= 11 is 0. The van der Waals surface area contributed by atoms with Crippen LogP contribution in [0.5, 0.6) is 0 Å². The highest BCUT2D eigenvalue weighted by molar-refractivity contribution is 5.94. The average molecular weight is 527 g/mol. The van der Waals surface area contributed by atoms with E-state index in [1.54, 1.807) is 6.92 Å². The van der Waals surface area contributed by atoms with Crippen LogP contribution in [0, 0.1) is 5.92 Å². The Balaban J connectivity index is 1.18. The SMILES string of the molecule is CCOC(=O)CCNC(=O)c1ccc(CC(C)CCNc2ccc(-c3nnc(-c4ccccc4)o3)cc2)cc1. The number of hydrogen-bond donors (Lipinski definition) is 2. The van der Waals surface area contributed by atoms with Gasteiger partial charge in [-0.05, 0) is 79.8 Å². The second-order valence-electron chi connectivity index (χ2n) is 9.39. The largest absolute Gasteiger partial charge is 0.466 e. The minimum absolute atomic E-state index is 0.168. The number of aromatic nitrogens is 2. The fourth-order valence-electron chi connectivity index (χ4n) is 4.14. The molecule has 1 unspecified atom stereocenters. The summed E-state index contributed by atoms with van der Waals surface area (Å²) < 4.78 is 10.7. The summed E-state index contributed by atoms with van der Waals surface area (Å²) in [6.07, 6.45) is 2.09. The van der Waals surface area contributed by atoms with Crippen molar-refractivity contribution in [3.8, 4) is 22.9 Å². The van der Waals surface area contributed by atoms with Crippen molar-refractivity contribution in [1.82, 2.24) is 15.5 Å². The molecule has 3 aromatic carbocycles. The summed E-state index contributed by atoms with van der Waals surface area (Å²) in [6.45, 7) is 5.43. The lowest BCUT2D eigenvalue weighted by Gasteiger charge is -2.13. The first-order valence-corrected chi connectivity index (χ1v) is 13.3. The van der Waals surface area contributed by atoms with E-state index in [4.69, 9.17) is 9.15 Å². The van der Waals surface area contributed by atoms with Crippen molar-refractivity contribution >= 4 is 17.6 Å². The van der Waals surface area contributed by atoms with Crippen LogP contribution in [0.15, 0.2) is 83.3 Å². The third kappa shape index (κ3) is 8.26. The molecule has 1 amide bonds. The van der Waals surface area contributed by atoms with Gasteiger partial charge in [0.2, 0.25) is 11.8 Å². The van der Waals surface area contributed by atoms with Crippen LogP contribution in [0.4, 0.5) is 5.69 Å². The van der Waals surface area contributed by atoms with Gasteiger partial charge in [0.15, 0.2) is 0 Å². The Morgan fingerprint density at radius 3 is 2.21 bits per heavy atom. The van der Waals surface area contributed by atoms with Crippen LogP contribution in [0.1, 0.15) is 42.6 Å². The van der Waals surface area contributed by atoms with Gasteiger partial charge in [0, 0.05) is 35.5 Å². The smallest absolute Gasteiger partial charge is 0.307 e. The molecule has 0 aliphatic heterocycles. The lowest BCUT2D eigenvalue weighted by atomic mass is 9.97. The number of carbonyl (C=O) groups is 2. The third-order valence-electron chi connectivity index (χ3n) is 6.26. The Hall–Kier alpha value is -4.46. The van der Waals surface area contributed by atoms with E-state index in [0.717, 1.165) is 36.2 Å². The maximum atomic E-state index is 12.3. The fraction of sp³-hybridized carbons (Fsp3) is 0.290. The van der Waals surface area contributed by atoms with E-state index < -0.39 is 0 Å². The first-order chi connectivity index (χ1) is 19.0. The summed E-state index contributed by atoms with van der Waals surface area (Å²) in [5, 5.41) is 14.6. The van der Waals surface area contributed by atoms with Gasteiger partial charge in [-0.15, -0.1) is 10.2 Å². The minimum atomic E-state index is -0.310. The van der Waals surface area contributed by atoms with Crippen molar-refractivity contribution < 1.29 is 18.7 Å². The van der Waals surface area contributed by atoms with Crippen LogP contribution in [-0.2, 0) is 16.0 Å². The summed E-state index contributed by atoms with van der Waals surface area (Å²) in [6, 6.07) is 25.3. The Morgan fingerprint density at radius 1 is 0.872 bits per heavy atom. The van der Waals surface area contributed by atoms with E-state index in [1.807, 2.05) is 78.9 Å². The summed E-state index contributed by atoms with van der Waals surface area (Å²) in [5.74, 6) is 0.968. The van der Waals surface area contributed by atoms with Crippen LogP contribution in [0.3, 0.4) is 0 Å². The van der Waals surface area contributed by atoms with Gasteiger partial charge in [-0.2, -0.15) is 0 Å². The Labute approximate surface area is 228 Å². The van der Waals surface area contributed by atoms with Gasteiger partial charge in [-0.25, -0.2) is 0 Å². The zero-order valence-corrected chi connectivity index (χ0v) is 22.4. The number of ether oxygens (including phenoxy) is 1. The number of amides is 1. The molecular weight excluding hydrogens is 492 g/mol. The normalized spacial score (nSPS) is 11.5. The van der Waals surface area contributed by atoms with Gasteiger partial charge >= 0.3 is 5.97 Å². The molecule has 0 saturated heterocycles. The number of anilines is 1. The predicted molar refractivity (Wildman–Crippen MR) is 151 cm³/mol. The molecule has 0 aliphatic rings. The molecule has 1 atom stereocenters. The number of benzene rings is 3. The number of esters is 1. The van der Waals surface area contributed by atoms with Crippen molar-refractivity contribution in [3.63, 3.8) is 0 Å². The highest BCUT2D eigenvalue weighted by Gasteiger charge is 2.11. The van der Waals surface area contributed by atoms with E-state index >= 15 is 0 Å². The first kappa shape index (κ1) is 27.6. The second kappa shape index (κ2) is 13.9. The number of carbonyl (C=O) groups excluding carboxylic acids is 2. The van der Waals surface area contributed by atoms with Gasteiger partial charge in [-0.1, -0.05) is 37.3 Å².